The fourth-order valence-electron chi connectivity index (χ4n) is 0.103. The predicted octanol–water partition coefficient (Wildman–Crippen LogP) is 2.42. The Labute approximate surface area is 53.0 Å². The van der Waals surface area contributed by atoms with Crippen molar-refractivity contribution in [3.05, 3.63) is 10.4 Å². The highest BCUT2D eigenvalue weighted by atomic mass is 35.5. The van der Waals surface area contributed by atoms with Crippen molar-refractivity contribution < 1.29 is 13.2 Å². The highest BCUT2D eigenvalue weighted by Crippen LogP contribution is 2.25. The van der Waals surface area contributed by atoms with Gasteiger partial charge in [0.25, 0.3) is 0 Å². The number of hydrogen-bond donors (Lipinski definition) is 0. The Hall–Kier alpha value is -0.610. The monoisotopic (exact) mass is 159 g/mol. The van der Waals surface area contributed by atoms with Crippen LogP contribution in [0.5, 0.6) is 0 Å². The van der Waals surface area contributed by atoms with Crippen LogP contribution in [0.25, 0.3) is 10.4 Å². The van der Waals surface area contributed by atoms with E-state index >= 15 is 0 Å². The third-order valence-corrected chi connectivity index (χ3v) is 0.703. The molecule has 0 rings (SSSR count). The van der Waals surface area contributed by atoms with E-state index in [2.05, 4.69) is 11.6 Å². The van der Waals surface area contributed by atoms with Gasteiger partial charge in [-0.1, -0.05) is 11.6 Å². The Morgan fingerprint density at radius 2 is 2.11 bits per heavy atom. The van der Waals surface area contributed by atoms with Crippen molar-refractivity contribution in [1.82, 2.24) is 0 Å². The molecule has 0 aromatic rings. The van der Waals surface area contributed by atoms with Gasteiger partial charge >= 0.3 is 6.05 Å². The maximum atomic E-state index is 11.6. The Morgan fingerprint density at radius 3 is 2.22 bits per heavy atom. The maximum absolute atomic E-state index is 11.6. The summed E-state index contributed by atoms with van der Waals surface area (Å²) in [4.78, 5) is 1.68. The zero-order valence-corrected chi connectivity index (χ0v) is 4.69. The van der Waals surface area contributed by atoms with Gasteiger partial charge in [0.2, 0.25) is 5.63 Å². The largest absolute Gasteiger partial charge is 0.369 e. The van der Waals surface area contributed by atoms with E-state index in [1.54, 1.807) is 10.0 Å². The first kappa shape index (κ1) is 8.39. The Bertz CT molecular complexity index is 140. The average molecular weight is 159 g/mol. The third-order valence-electron chi connectivity index (χ3n) is 0.441. The SMILES string of the molecule is [N-]=[N+]=NC(F)(F)C(F)Cl. The topological polar surface area (TPSA) is 48.8 Å². The highest BCUT2D eigenvalue weighted by molar-refractivity contribution is 6.20. The molecule has 0 saturated carbocycles. The molecule has 0 saturated heterocycles. The lowest BCUT2D eigenvalue weighted by molar-refractivity contribution is -0.0331. The summed E-state index contributed by atoms with van der Waals surface area (Å²) in [5.41, 5.74) is 4.44. The lowest BCUT2D eigenvalue weighted by atomic mass is 10.6. The molecule has 0 aliphatic rings. The maximum Gasteiger partial charge on any atom is 0.369 e. The van der Waals surface area contributed by atoms with Crippen LogP contribution in [0.15, 0.2) is 5.11 Å². The van der Waals surface area contributed by atoms with Gasteiger partial charge in [0.15, 0.2) is 0 Å². The quantitative estimate of drug-likeness (QED) is 0.195. The van der Waals surface area contributed by atoms with Crippen LogP contribution >= 0.6 is 11.6 Å². The molecule has 0 aromatic carbocycles. The van der Waals surface area contributed by atoms with Crippen molar-refractivity contribution >= 4 is 11.6 Å². The molecule has 3 nitrogen and oxygen atoms in total. The van der Waals surface area contributed by atoms with E-state index in [9.17, 15) is 13.2 Å². The summed E-state index contributed by atoms with van der Waals surface area (Å²) >= 11 is 4.27. The number of halogens is 4. The second-order valence-corrected chi connectivity index (χ2v) is 1.46. The molecule has 0 fully saturated rings. The zero-order chi connectivity index (χ0) is 7.49. The predicted molar refractivity (Wildman–Crippen MR) is 24.8 cm³/mol. The van der Waals surface area contributed by atoms with Crippen molar-refractivity contribution in [2.45, 2.75) is 11.7 Å². The molecule has 0 aliphatic heterocycles. The number of alkyl halides is 4. The van der Waals surface area contributed by atoms with Gasteiger partial charge in [0, 0.05) is 4.91 Å². The summed E-state index contributed by atoms with van der Waals surface area (Å²) in [6.45, 7) is 0. The van der Waals surface area contributed by atoms with Gasteiger partial charge in [-0.15, -0.1) is 0 Å². The standard InChI is InChI=1S/C2HClF3N3/c3-1(4)2(5,6)8-9-7/h1H. The Balaban J connectivity index is 4.18. The van der Waals surface area contributed by atoms with E-state index in [1.165, 1.54) is 0 Å². The molecular weight excluding hydrogens is 158 g/mol. The smallest absolute Gasteiger partial charge is 0.223 e. The molecule has 0 spiro atoms. The third kappa shape index (κ3) is 2.43. The Morgan fingerprint density at radius 1 is 1.67 bits per heavy atom. The van der Waals surface area contributed by atoms with E-state index in [-0.39, 0.29) is 0 Å². The Kier molecular flexibility index (Phi) is 2.61. The van der Waals surface area contributed by atoms with Gasteiger partial charge in [-0.3, -0.25) is 0 Å². The van der Waals surface area contributed by atoms with Crippen LogP contribution in [0.3, 0.4) is 0 Å². The highest BCUT2D eigenvalue weighted by Gasteiger charge is 2.37. The van der Waals surface area contributed by atoms with Gasteiger partial charge in [-0.2, -0.15) is 8.78 Å². The van der Waals surface area contributed by atoms with Gasteiger partial charge in [0.1, 0.15) is 0 Å². The molecule has 52 valence electrons. The zero-order valence-electron chi connectivity index (χ0n) is 3.93. The molecule has 1 unspecified atom stereocenters. The van der Waals surface area contributed by atoms with Crippen molar-refractivity contribution in [2.75, 3.05) is 0 Å². The number of rotatable bonds is 2. The van der Waals surface area contributed by atoms with E-state index in [4.69, 9.17) is 5.53 Å². The van der Waals surface area contributed by atoms with Gasteiger partial charge in [-0.05, 0) is 10.6 Å². The fourth-order valence-corrected chi connectivity index (χ4v) is 0.147. The summed E-state index contributed by atoms with van der Waals surface area (Å²) in [5.74, 6) is 0. The van der Waals surface area contributed by atoms with Crippen molar-refractivity contribution in [1.29, 1.82) is 0 Å². The summed E-state index contributed by atoms with van der Waals surface area (Å²) in [6.07, 6.45) is 0. The summed E-state index contributed by atoms with van der Waals surface area (Å²) in [7, 11) is 0. The summed E-state index contributed by atoms with van der Waals surface area (Å²) in [6, 6.07) is -4.14. The molecule has 0 aromatic heterocycles. The van der Waals surface area contributed by atoms with Crippen molar-refractivity contribution in [3.8, 4) is 0 Å². The lowest BCUT2D eigenvalue weighted by Crippen LogP contribution is -2.21. The van der Waals surface area contributed by atoms with Crippen LogP contribution < -0.4 is 0 Å². The normalized spacial score (nSPS) is 14.2. The first-order chi connectivity index (χ1) is 4.00. The van der Waals surface area contributed by atoms with Gasteiger partial charge < -0.3 is 0 Å². The lowest BCUT2D eigenvalue weighted by Gasteiger charge is -2.06. The second-order valence-electron chi connectivity index (χ2n) is 1.08. The molecule has 0 bridgehead atoms. The van der Waals surface area contributed by atoms with Crippen LogP contribution in [0.4, 0.5) is 13.2 Å². The minimum Gasteiger partial charge on any atom is -0.223 e. The van der Waals surface area contributed by atoms with Crippen LogP contribution in [0, 0.1) is 0 Å². The van der Waals surface area contributed by atoms with Crippen LogP contribution in [0.2, 0.25) is 0 Å². The van der Waals surface area contributed by atoms with Crippen LogP contribution in [-0.2, 0) is 0 Å². The first-order valence-electron chi connectivity index (χ1n) is 1.73. The van der Waals surface area contributed by atoms with E-state index in [1.807, 2.05) is 0 Å². The number of hydrogen-bond acceptors (Lipinski definition) is 1. The molecule has 1 atom stereocenters. The molecule has 9 heavy (non-hydrogen) atoms. The minimum absolute atomic E-state index is 1.68. The van der Waals surface area contributed by atoms with E-state index < -0.39 is 11.7 Å². The van der Waals surface area contributed by atoms with E-state index in [0.29, 0.717) is 0 Å². The molecule has 0 heterocycles. The molecule has 0 radical (unpaired) electrons. The molecular formula is C2HClF3N3. The minimum atomic E-state index is -4.14. The number of azide groups is 1. The summed E-state index contributed by atoms with van der Waals surface area (Å²) < 4.78 is 34.7. The summed E-state index contributed by atoms with van der Waals surface area (Å²) in [5, 5.41) is 1.80. The molecule has 0 aliphatic carbocycles. The number of nitrogens with zero attached hydrogens (tertiary/aromatic N) is 3. The average Bonchev–Trinajstić information content (AvgIpc) is 1.65. The van der Waals surface area contributed by atoms with Gasteiger partial charge in [0.05, 0.1) is 0 Å². The fraction of sp³-hybridized carbons (Fsp3) is 1.00. The molecule has 0 N–H and O–H groups in total. The molecule has 7 heteroatoms. The first-order valence-corrected chi connectivity index (χ1v) is 2.16. The van der Waals surface area contributed by atoms with Crippen LogP contribution in [0.1, 0.15) is 0 Å². The second kappa shape index (κ2) is 2.80. The van der Waals surface area contributed by atoms with Crippen molar-refractivity contribution in [3.63, 3.8) is 0 Å². The van der Waals surface area contributed by atoms with E-state index in [0.717, 1.165) is 0 Å². The molecule has 0 amide bonds. The van der Waals surface area contributed by atoms with Gasteiger partial charge in [-0.25, -0.2) is 4.39 Å². The van der Waals surface area contributed by atoms with Crippen molar-refractivity contribution in [2.24, 2.45) is 5.11 Å². The van der Waals surface area contributed by atoms with Crippen LogP contribution in [-0.4, -0.2) is 11.7 Å².